The van der Waals surface area contributed by atoms with Gasteiger partial charge in [-0.3, -0.25) is 9.52 Å². The van der Waals surface area contributed by atoms with Crippen LogP contribution in [0.3, 0.4) is 0 Å². The van der Waals surface area contributed by atoms with Crippen molar-refractivity contribution < 1.29 is 28.6 Å². The number of nitrogens with two attached hydrogens (primary N) is 1. The lowest BCUT2D eigenvalue weighted by atomic mass is 10.2. The van der Waals surface area contributed by atoms with Gasteiger partial charge in [0.1, 0.15) is 5.60 Å². The Morgan fingerprint density at radius 3 is 2.20 bits per heavy atom. The average Bonchev–Trinajstić information content (AvgIpc) is 2.48. The van der Waals surface area contributed by atoms with E-state index >= 15 is 0 Å². The topological polar surface area (TPSA) is 129 Å². The first-order valence-corrected chi connectivity index (χ1v) is 8.80. The van der Waals surface area contributed by atoms with Crippen LogP contribution >= 0.6 is 12.1 Å². The summed E-state index contributed by atoms with van der Waals surface area (Å²) >= 11 is 1.10. The minimum absolute atomic E-state index is 0.172. The van der Waals surface area contributed by atoms with Gasteiger partial charge in [0.25, 0.3) is 0 Å². The van der Waals surface area contributed by atoms with E-state index < -0.39 is 17.8 Å². The minimum atomic E-state index is -0.711. The largest absolute Gasteiger partial charge is 0.469 e. The van der Waals surface area contributed by atoms with E-state index in [-0.39, 0.29) is 5.97 Å². The van der Waals surface area contributed by atoms with Crippen LogP contribution in [-0.4, -0.2) is 44.0 Å². The van der Waals surface area contributed by atoms with E-state index in [9.17, 15) is 14.4 Å². The van der Waals surface area contributed by atoms with Crippen molar-refractivity contribution in [2.45, 2.75) is 59.0 Å². The van der Waals surface area contributed by atoms with Gasteiger partial charge in [-0.05, 0) is 40.5 Å². The van der Waals surface area contributed by atoms with Crippen LogP contribution in [0.1, 0.15) is 53.4 Å². The van der Waals surface area contributed by atoms with Crippen molar-refractivity contribution in [1.29, 1.82) is 0 Å². The van der Waals surface area contributed by atoms with Gasteiger partial charge >= 0.3 is 18.2 Å². The van der Waals surface area contributed by atoms with Crippen LogP contribution in [0.15, 0.2) is 0 Å². The predicted molar refractivity (Wildman–Crippen MR) is 96.7 cm³/mol. The number of methoxy groups -OCH3 is 1. The summed E-state index contributed by atoms with van der Waals surface area (Å²) < 4.78 is 19.3. The van der Waals surface area contributed by atoms with Crippen LogP contribution in [0.4, 0.5) is 9.59 Å². The molecule has 0 rings (SSSR count). The first-order valence-electron chi connectivity index (χ1n) is 7.99. The summed E-state index contributed by atoms with van der Waals surface area (Å²) in [7, 11) is 1.39. The molecule has 0 bridgehead atoms. The fourth-order valence-electron chi connectivity index (χ4n) is 1.32. The lowest BCUT2D eigenvalue weighted by Crippen LogP contribution is -2.30. The third-order valence-electron chi connectivity index (χ3n) is 2.28. The number of esters is 1. The normalized spacial score (nSPS) is 10.1. The Labute approximate surface area is 154 Å². The highest BCUT2D eigenvalue weighted by Gasteiger charge is 2.15. The van der Waals surface area contributed by atoms with Crippen LogP contribution in [0, 0.1) is 0 Å². The second kappa shape index (κ2) is 15.8. The summed E-state index contributed by atoms with van der Waals surface area (Å²) in [6.45, 7) is 8.24. The Morgan fingerprint density at radius 2 is 1.76 bits per heavy atom. The molecule has 0 aliphatic carbocycles. The third kappa shape index (κ3) is 24.7. The fourth-order valence-corrected chi connectivity index (χ4v) is 1.76. The summed E-state index contributed by atoms with van der Waals surface area (Å²) in [5.41, 5.74) is 4.05. The van der Waals surface area contributed by atoms with Crippen LogP contribution in [-0.2, 0) is 19.0 Å². The van der Waals surface area contributed by atoms with Gasteiger partial charge in [0.15, 0.2) is 0 Å². The summed E-state index contributed by atoms with van der Waals surface area (Å²) in [4.78, 5) is 31.7. The second-order valence-corrected chi connectivity index (χ2v) is 6.44. The van der Waals surface area contributed by atoms with Crippen molar-refractivity contribution in [3.05, 3.63) is 0 Å². The molecule has 0 saturated heterocycles. The molecule has 0 saturated carbocycles. The molecule has 0 spiro atoms. The van der Waals surface area contributed by atoms with Gasteiger partial charge in [0.05, 0.1) is 13.7 Å². The lowest BCUT2D eigenvalue weighted by Gasteiger charge is -2.19. The van der Waals surface area contributed by atoms with Crippen molar-refractivity contribution in [3.8, 4) is 0 Å². The van der Waals surface area contributed by atoms with Gasteiger partial charge < -0.3 is 19.9 Å². The number of primary amides is 1. The maximum Gasteiger partial charge on any atom is 0.418 e. The zero-order valence-corrected chi connectivity index (χ0v) is 16.5. The standard InChI is InChI=1S/C12H24N2O4S.C3H7NO2/c1-12(2,3)18-11(16)14-19-13-9-7-5-6-8-10(15)17-4;1-2-6-3(4)5/h13H,5-9H2,1-4H3,(H,14,16);2H2,1H3,(H2,4,5). The minimum Gasteiger partial charge on any atom is -0.469 e. The molecule has 25 heavy (non-hydrogen) atoms. The molecule has 0 aromatic carbocycles. The highest BCUT2D eigenvalue weighted by molar-refractivity contribution is 7.96. The van der Waals surface area contributed by atoms with Gasteiger partial charge in [0.2, 0.25) is 0 Å². The number of hydrogen-bond acceptors (Lipinski definition) is 8. The summed E-state index contributed by atoms with van der Waals surface area (Å²) in [6, 6.07) is 0. The van der Waals surface area contributed by atoms with Crippen molar-refractivity contribution in [2.24, 2.45) is 5.73 Å². The van der Waals surface area contributed by atoms with Crippen molar-refractivity contribution in [3.63, 3.8) is 0 Å². The molecular formula is C15H31N3O6S. The summed E-state index contributed by atoms with van der Waals surface area (Å²) in [6.07, 6.45) is 1.97. The lowest BCUT2D eigenvalue weighted by molar-refractivity contribution is -0.140. The average molecular weight is 381 g/mol. The molecule has 0 radical (unpaired) electrons. The molecule has 9 nitrogen and oxygen atoms in total. The highest BCUT2D eigenvalue weighted by Crippen LogP contribution is 2.07. The maximum absolute atomic E-state index is 11.3. The molecule has 0 aliphatic heterocycles. The molecule has 0 aromatic rings. The van der Waals surface area contributed by atoms with Crippen LogP contribution in [0.25, 0.3) is 0 Å². The van der Waals surface area contributed by atoms with Gasteiger partial charge in [0, 0.05) is 25.1 Å². The van der Waals surface area contributed by atoms with Gasteiger partial charge in [-0.2, -0.15) is 0 Å². The van der Waals surface area contributed by atoms with Crippen molar-refractivity contribution in [1.82, 2.24) is 9.44 Å². The Kier molecular flexibility index (Phi) is 16.2. The van der Waals surface area contributed by atoms with E-state index in [1.54, 1.807) is 6.92 Å². The van der Waals surface area contributed by atoms with E-state index in [1.165, 1.54) is 7.11 Å². The Bertz CT molecular complexity index is 388. The number of hydrogen-bond donors (Lipinski definition) is 3. The molecular weight excluding hydrogens is 350 g/mol. The molecule has 4 N–H and O–H groups in total. The van der Waals surface area contributed by atoms with E-state index in [1.807, 2.05) is 20.8 Å². The quantitative estimate of drug-likeness (QED) is 0.240. The molecule has 0 fully saturated rings. The van der Waals surface area contributed by atoms with E-state index in [0.29, 0.717) is 13.0 Å². The SMILES string of the molecule is CCOC(N)=O.COC(=O)CCCCCNSNC(=O)OC(C)(C)C. The van der Waals surface area contributed by atoms with E-state index in [4.69, 9.17) is 4.74 Å². The van der Waals surface area contributed by atoms with Crippen molar-refractivity contribution in [2.75, 3.05) is 20.3 Å². The van der Waals surface area contributed by atoms with E-state index in [0.717, 1.165) is 37.9 Å². The molecule has 148 valence electrons. The summed E-state index contributed by atoms with van der Waals surface area (Å²) in [5, 5.41) is 0. The fraction of sp³-hybridized carbons (Fsp3) is 0.800. The molecule has 0 aromatic heterocycles. The number of nitrogens with one attached hydrogen (secondary N) is 2. The molecule has 0 aliphatic rings. The van der Waals surface area contributed by atoms with Crippen molar-refractivity contribution >= 4 is 30.3 Å². The Balaban J connectivity index is 0. The van der Waals surface area contributed by atoms with Gasteiger partial charge in [-0.25, -0.2) is 14.3 Å². The van der Waals surface area contributed by atoms with Gasteiger partial charge in [-0.1, -0.05) is 6.42 Å². The molecule has 2 amide bonds. The third-order valence-corrected chi connectivity index (χ3v) is 2.90. The molecule has 10 heteroatoms. The first-order chi connectivity index (χ1) is 11.6. The number of carbonyl (C=O) groups is 3. The predicted octanol–water partition coefficient (Wildman–Crippen LogP) is 2.50. The summed E-state index contributed by atoms with van der Waals surface area (Å²) in [5.74, 6) is -0.172. The van der Waals surface area contributed by atoms with Gasteiger partial charge in [-0.15, -0.1) is 0 Å². The molecule has 0 unspecified atom stereocenters. The zero-order valence-electron chi connectivity index (χ0n) is 15.7. The van der Waals surface area contributed by atoms with Crippen LogP contribution in [0.2, 0.25) is 0 Å². The zero-order chi connectivity index (χ0) is 19.7. The number of amides is 2. The monoisotopic (exact) mass is 381 g/mol. The molecule has 0 heterocycles. The van der Waals surface area contributed by atoms with Crippen LogP contribution < -0.4 is 15.2 Å². The first kappa shape index (κ1) is 25.6. The number of ether oxygens (including phenoxy) is 3. The molecule has 0 atom stereocenters. The highest BCUT2D eigenvalue weighted by atomic mass is 32.2. The number of unbranched alkanes of at least 4 members (excludes halogenated alkanes) is 2. The maximum atomic E-state index is 11.3. The second-order valence-electron chi connectivity index (χ2n) is 5.74. The smallest absolute Gasteiger partial charge is 0.418 e. The number of carbonyl (C=O) groups excluding carboxylic acids is 3. The Hall–Kier alpha value is -1.68. The van der Waals surface area contributed by atoms with Crippen LogP contribution in [0.5, 0.6) is 0 Å². The number of rotatable bonds is 9. The van der Waals surface area contributed by atoms with E-state index in [2.05, 4.69) is 24.7 Å². The Morgan fingerprint density at radius 1 is 1.12 bits per heavy atom.